The van der Waals surface area contributed by atoms with Gasteiger partial charge in [-0.3, -0.25) is 4.90 Å². The number of hydrogen-bond acceptors (Lipinski definition) is 8. The molecule has 3 saturated heterocycles. The molecule has 146 valence electrons. The number of hydroxylamine groups is 2. The molecule has 0 amide bonds. The number of piperidine rings is 2. The van der Waals surface area contributed by atoms with Crippen molar-refractivity contribution in [2.24, 2.45) is 0 Å². The van der Waals surface area contributed by atoms with Crippen LogP contribution in [-0.2, 0) is 14.4 Å². The molecule has 8 nitrogen and oxygen atoms in total. The lowest BCUT2D eigenvalue weighted by molar-refractivity contribution is -0.198. The van der Waals surface area contributed by atoms with Gasteiger partial charge in [0.05, 0.1) is 6.42 Å². The number of carbonyl (C=O) groups is 1. The fourth-order valence-electron chi connectivity index (χ4n) is 3.95. The molecule has 3 aliphatic rings. The second-order valence-corrected chi connectivity index (χ2v) is 7.33. The van der Waals surface area contributed by atoms with Crippen LogP contribution in [0.5, 0.6) is 0 Å². The Kier molecular flexibility index (Phi) is 7.46. The molecule has 0 radical (unpaired) electrons. The molecular weight excluding hydrogens is 334 g/mol. The third kappa shape index (κ3) is 5.79. The van der Waals surface area contributed by atoms with Crippen molar-refractivity contribution < 1.29 is 14.4 Å². The molecule has 0 aromatic carbocycles. The zero-order chi connectivity index (χ0) is 18.2. The molecule has 0 spiro atoms. The normalized spacial score (nSPS) is 24.0. The number of hydrazine groups is 1. The Morgan fingerprint density at radius 2 is 1.73 bits per heavy atom. The predicted molar refractivity (Wildman–Crippen MR) is 97.5 cm³/mol. The van der Waals surface area contributed by atoms with Crippen molar-refractivity contribution in [2.75, 3.05) is 52.4 Å². The Bertz CT molecular complexity index is 503. The van der Waals surface area contributed by atoms with Crippen LogP contribution in [0.3, 0.4) is 0 Å². The van der Waals surface area contributed by atoms with Gasteiger partial charge in [-0.05, 0) is 38.8 Å². The van der Waals surface area contributed by atoms with E-state index in [1.807, 2.05) is 11.0 Å². The minimum Gasteiger partial charge on any atom is -0.367 e. The van der Waals surface area contributed by atoms with Crippen molar-refractivity contribution in [3.63, 3.8) is 0 Å². The third-order valence-electron chi connectivity index (χ3n) is 5.42. The van der Waals surface area contributed by atoms with Crippen molar-refractivity contribution in [2.45, 2.75) is 44.6 Å². The Balaban J connectivity index is 1.37. The van der Waals surface area contributed by atoms with Crippen molar-refractivity contribution in [3.8, 4) is 0 Å². The summed E-state index contributed by atoms with van der Waals surface area (Å²) >= 11 is 0. The van der Waals surface area contributed by atoms with E-state index in [0.717, 1.165) is 65.2 Å². The fourth-order valence-corrected chi connectivity index (χ4v) is 3.95. The average molecular weight is 365 g/mol. The van der Waals surface area contributed by atoms with Crippen LogP contribution >= 0.6 is 0 Å². The number of piperazine rings is 1. The Labute approximate surface area is 155 Å². The summed E-state index contributed by atoms with van der Waals surface area (Å²) < 4.78 is 0. The largest absolute Gasteiger partial charge is 0.367 e. The number of carbonyl (C=O) groups excluding carboxylic acids is 2. The van der Waals surface area contributed by atoms with Crippen molar-refractivity contribution in [1.82, 2.24) is 25.7 Å². The Morgan fingerprint density at radius 3 is 2.38 bits per heavy atom. The smallest absolute Gasteiger partial charge is 0.331 e. The number of rotatable bonds is 6. The lowest BCUT2D eigenvalue weighted by Gasteiger charge is -2.39. The van der Waals surface area contributed by atoms with Crippen molar-refractivity contribution in [3.05, 3.63) is 5.70 Å². The molecule has 0 aromatic heterocycles. The van der Waals surface area contributed by atoms with Gasteiger partial charge in [-0.1, -0.05) is 6.42 Å². The molecule has 2 N–H and O–H groups in total. The standard InChI is InChI=1S/C18H31N5O3/c24-15-16(20-22-8-2-1-3-9-22)14-18(25)26-23-12-10-21(11-13-23)17-4-6-19-7-5-17/h17,19-20H,1-14H2. The molecule has 3 aliphatic heterocycles. The molecule has 0 saturated carbocycles. The van der Waals surface area contributed by atoms with Crippen LogP contribution in [0.4, 0.5) is 0 Å². The minimum absolute atomic E-state index is 0.0610. The second kappa shape index (κ2) is 10.0. The van der Waals surface area contributed by atoms with E-state index in [0.29, 0.717) is 6.04 Å². The monoisotopic (exact) mass is 365 g/mol. The van der Waals surface area contributed by atoms with Crippen LogP contribution in [0.1, 0.15) is 38.5 Å². The summed E-state index contributed by atoms with van der Waals surface area (Å²) in [4.78, 5) is 31.2. The molecule has 0 atom stereocenters. The quantitative estimate of drug-likeness (QED) is 0.633. The summed E-state index contributed by atoms with van der Waals surface area (Å²) in [6.07, 6.45) is 5.74. The highest BCUT2D eigenvalue weighted by Crippen LogP contribution is 2.15. The van der Waals surface area contributed by atoms with Gasteiger partial charge in [0.25, 0.3) is 0 Å². The summed E-state index contributed by atoms with van der Waals surface area (Å²) in [7, 11) is 0. The molecule has 0 unspecified atom stereocenters. The van der Waals surface area contributed by atoms with Gasteiger partial charge in [-0.2, -0.15) is 0 Å². The topological polar surface area (TPSA) is 77.2 Å². The molecule has 0 aliphatic carbocycles. The highest BCUT2D eigenvalue weighted by atomic mass is 16.7. The predicted octanol–water partition coefficient (Wildman–Crippen LogP) is -0.0897. The van der Waals surface area contributed by atoms with E-state index in [1.54, 1.807) is 5.06 Å². The maximum atomic E-state index is 12.2. The van der Waals surface area contributed by atoms with Gasteiger partial charge in [-0.15, -0.1) is 5.06 Å². The van der Waals surface area contributed by atoms with Gasteiger partial charge in [0.2, 0.25) is 0 Å². The molecule has 8 heteroatoms. The van der Waals surface area contributed by atoms with Gasteiger partial charge >= 0.3 is 5.97 Å². The van der Waals surface area contributed by atoms with E-state index < -0.39 is 5.97 Å². The lowest BCUT2D eigenvalue weighted by atomic mass is 10.0. The highest BCUT2D eigenvalue weighted by Gasteiger charge is 2.27. The fraction of sp³-hybridized carbons (Fsp3) is 0.833. The van der Waals surface area contributed by atoms with Crippen molar-refractivity contribution in [1.29, 1.82) is 0 Å². The molecule has 3 heterocycles. The third-order valence-corrected chi connectivity index (χ3v) is 5.42. The summed E-state index contributed by atoms with van der Waals surface area (Å²) in [5, 5.41) is 7.10. The first-order valence-electron chi connectivity index (χ1n) is 9.90. The zero-order valence-electron chi connectivity index (χ0n) is 15.5. The first-order chi connectivity index (χ1) is 12.7. The zero-order valence-corrected chi connectivity index (χ0v) is 15.5. The van der Waals surface area contributed by atoms with Crippen molar-refractivity contribution >= 4 is 11.9 Å². The highest BCUT2D eigenvalue weighted by molar-refractivity contribution is 5.75. The van der Waals surface area contributed by atoms with Gasteiger partial charge in [-0.25, -0.2) is 14.6 Å². The van der Waals surface area contributed by atoms with E-state index in [-0.39, 0.29) is 12.1 Å². The summed E-state index contributed by atoms with van der Waals surface area (Å²) in [6.45, 7) is 7.22. The number of nitrogens with one attached hydrogen (secondary N) is 2. The van der Waals surface area contributed by atoms with E-state index in [2.05, 4.69) is 15.6 Å². The molecule has 26 heavy (non-hydrogen) atoms. The molecule has 0 bridgehead atoms. The van der Waals surface area contributed by atoms with E-state index in [4.69, 9.17) is 4.84 Å². The Hall–Kier alpha value is -1.44. The van der Waals surface area contributed by atoms with Crippen LogP contribution < -0.4 is 10.7 Å². The van der Waals surface area contributed by atoms with Crippen LogP contribution in [0.25, 0.3) is 0 Å². The molecule has 3 rings (SSSR count). The second-order valence-electron chi connectivity index (χ2n) is 7.33. The van der Waals surface area contributed by atoms with Crippen LogP contribution in [0, 0.1) is 0 Å². The maximum absolute atomic E-state index is 12.2. The summed E-state index contributed by atoms with van der Waals surface area (Å²) in [5.74, 6) is 1.45. The summed E-state index contributed by atoms with van der Waals surface area (Å²) in [5.41, 5.74) is 3.27. The lowest BCUT2D eigenvalue weighted by Crippen LogP contribution is -2.53. The van der Waals surface area contributed by atoms with Gasteiger partial charge in [0.1, 0.15) is 11.6 Å². The van der Waals surface area contributed by atoms with Gasteiger partial charge in [0, 0.05) is 45.3 Å². The van der Waals surface area contributed by atoms with E-state index >= 15 is 0 Å². The maximum Gasteiger partial charge on any atom is 0.331 e. The Morgan fingerprint density at radius 1 is 1.04 bits per heavy atom. The number of nitrogens with zero attached hydrogens (tertiary/aromatic N) is 3. The van der Waals surface area contributed by atoms with E-state index in [1.165, 1.54) is 19.3 Å². The summed E-state index contributed by atoms with van der Waals surface area (Å²) in [6, 6.07) is 0.646. The molecule has 3 fully saturated rings. The number of hydrogen-bond donors (Lipinski definition) is 2. The van der Waals surface area contributed by atoms with Crippen LogP contribution in [-0.4, -0.2) is 85.3 Å². The van der Waals surface area contributed by atoms with Crippen LogP contribution in [0.15, 0.2) is 5.70 Å². The first kappa shape index (κ1) is 19.3. The molecule has 0 aromatic rings. The SMILES string of the molecule is O=C=C(CC(=O)ON1CCN(C2CCNCC2)CC1)NN1CCCCC1. The first-order valence-corrected chi connectivity index (χ1v) is 9.90. The van der Waals surface area contributed by atoms with Gasteiger partial charge in [0.15, 0.2) is 0 Å². The van der Waals surface area contributed by atoms with E-state index in [9.17, 15) is 9.59 Å². The molecular formula is C18H31N5O3. The van der Waals surface area contributed by atoms with Crippen LogP contribution in [0.2, 0.25) is 0 Å². The average Bonchev–Trinajstić information content (AvgIpc) is 2.69. The van der Waals surface area contributed by atoms with Gasteiger partial charge < -0.3 is 15.6 Å². The minimum atomic E-state index is -0.400.